The first-order valence-electron chi connectivity index (χ1n) is 4.96. The lowest BCUT2D eigenvalue weighted by Gasteiger charge is -2.25. The summed E-state index contributed by atoms with van der Waals surface area (Å²) in [6.07, 6.45) is 0. The summed E-state index contributed by atoms with van der Waals surface area (Å²) in [5.41, 5.74) is 1.87. The van der Waals surface area contributed by atoms with Gasteiger partial charge in [0, 0.05) is 19.0 Å². The van der Waals surface area contributed by atoms with Crippen LogP contribution in [0, 0.1) is 5.41 Å². The van der Waals surface area contributed by atoms with E-state index >= 15 is 0 Å². The van der Waals surface area contributed by atoms with Crippen LogP contribution in [-0.2, 0) is 0 Å². The van der Waals surface area contributed by atoms with Crippen molar-refractivity contribution in [3.63, 3.8) is 0 Å². The minimum atomic E-state index is 0.404. The van der Waals surface area contributed by atoms with Crippen LogP contribution in [0.15, 0.2) is 30.3 Å². The van der Waals surface area contributed by atoms with Gasteiger partial charge in [-0.25, -0.2) is 0 Å². The molecule has 1 heterocycles. The maximum Gasteiger partial charge on any atom is 0.00267 e. The van der Waals surface area contributed by atoms with E-state index in [2.05, 4.69) is 49.5 Å². The highest BCUT2D eigenvalue weighted by atomic mass is 14.9. The van der Waals surface area contributed by atoms with Gasteiger partial charge in [0.05, 0.1) is 0 Å². The van der Waals surface area contributed by atoms with Gasteiger partial charge >= 0.3 is 0 Å². The van der Waals surface area contributed by atoms with Gasteiger partial charge in [-0.3, -0.25) is 0 Å². The Labute approximate surface area is 80.2 Å². The van der Waals surface area contributed by atoms with Crippen LogP contribution in [0.3, 0.4) is 0 Å². The van der Waals surface area contributed by atoms with Gasteiger partial charge in [-0.05, 0) is 11.0 Å². The Kier molecular flexibility index (Phi) is 2.12. The van der Waals surface area contributed by atoms with Gasteiger partial charge in [-0.1, -0.05) is 44.2 Å². The zero-order valence-electron chi connectivity index (χ0n) is 8.38. The van der Waals surface area contributed by atoms with Crippen LogP contribution in [0.2, 0.25) is 0 Å². The first kappa shape index (κ1) is 8.76. The van der Waals surface area contributed by atoms with Crippen LogP contribution < -0.4 is 5.32 Å². The highest BCUT2D eigenvalue weighted by Gasteiger charge is 2.34. The SMILES string of the molecule is CC1(C)CNC[C@@H]1c1ccccc1. The summed E-state index contributed by atoms with van der Waals surface area (Å²) >= 11 is 0. The number of hydrogen-bond donors (Lipinski definition) is 1. The van der Waals surface area contributed by atoms with E-state index in [0.717, 1.165) is 13.1 Å². The smallest absolute Gasteiger partial charge is 0.00267 e. The fraction of sp³-hybridized carbons (Fsp3) is 0.500. The van der Waals surface area contributed by atoms with Crippen molar-refractivity contribution in [3.8, 4) is 0 Å². The minimum absolute atomic E-state index is 0.404. The molecule has 0 radical (unpaired) electrons. The standard InChI is InChI=1S/C12H17N/c1-12(2)9-13-8-11(12)10-6-4-3-5-7-10/h3-7,11,13H,8-9H2,1-2H3/t11-/m1/s1. The average molecular weight is 175 g/mol. The van der Waals surface area contributed by atoms with Crippen molar-refractivity contribution in [2.75, 3.05) is 13.1 Å². The van der Waals surface area contributed by atoms with Gasteiger partial charge in [0.2, 0.25) is 0 Å². The quantitative estimate of drug-likeness (QED) is 0.691. The second kappa shape index (κ2) is 3.15. The van der Waals surface area contributed by atoms with Gasteiger partial charge < -0.3 is 5.32 Å². The lowest BCUT2D eigenvalue weighted by atomic mass is 9.78. The second-order valence-corrected chi connectivity index (χ2v) is 4.58. The van der Waals surface area contributed by atoms with Crippen LogP contribution in [0.1, 0.15) is 25.3 Å². The molecule has 0 aromatic heterocycles. The van der Waals surface area contributed by atoms with E-state index in [4.69, 9.17) is 0 Å². The summed E-state index contributed by atoms with van der Waals surface area (Å²) < 4.78 is 0. The van der Waals surface area contributed by atoms with E-state index in [-0.39, 0.29) is 0 Å². The fourth-order valence-corrected chi connectivity index (χ4v) is 2.19. The summed E-state index contributed by atoms with van der Waals surface area (Å²) in [5.74, 6) is 0.675. The second-order valence-electron chi connectivity index (χ2n) is 4.58. The van der Waals surface area contributed by atoms with Gasteiger partial charge in [-0.15, -0.1) is 0 Å². The molecule has 13 heavy (non-hydrogen) atoms. The molecule has 1 heteroatoms. The van der Waals surface area contributed by atoms with E-state index in [0.29, 0.717) is 11.3 Å². The average Bonchev–Trinajstić information content (AvgIpc) is 2.47. The third kappa shape index (κ3) is 1.61. The fourth-order valence-electron chi connectivity index (χ4n) is 2.19. The van der Waals surface area contributed by atoms with Gasteiger partial charge in [0.15, 0.2) is 0 Å². The van der Waals surface area contributed by atoms with E-state index in [9.17, 15) is 0 Å². The van der Waals surface area contributed by atoms with Crippen molar-refractivity contribution in [2.45, 2.75) is 19.8 Å². The molecule has 0 saturated carbocycles. The third-order valence-electron chi connectivity index (χ3n) is 3.07. The van der Waals surface area contributed by atoms with Gasteiger partial charge in [0.25, 0.3) is 0 Å². The minimum Gasteiger partial charge on any atom is -0.316 e. The Balaban J connectivity index is 2.27. The highest BCUT2D eigenvalue weighted by Crippen LogP contribution is 2.37. The summed E-state index contributed by atoms with van der Waals surface area (Å²) in [6.45, 7) is 6.93. The van der Waals surface area contributed by atoms with E-state index in [1.807, 2.05) is 0 Å². The largest absolute Gasteiger partial charge is 0.316 e. The predicted molar refractivity (Wildman–Crippen MR) is 55.8 cm³/mol. The molecule has 1 aromatic carbocycles. The summed E-state index contributed by atoms with van der Waals surface area (Å²) in [5, 5.41) is 3.46. The Morgan fingerprint density at radius 1 is 1.23 bits per heavy atom. The van der Waals surface area contributed by atoms with Crippen molar-refractivity contribution in [1.82, 2.24) is 5.32 Å². The van der Waals surface area contributed by atoms with Gasteiger partial charge in [0.1, 0.15) is 0 Å². The number of rotatable bonds is 1. The van der Waals surface area contributed by atoms with Crippen LogP contribution in [-0.4, -0.2) is 13.1 Å². The Hall–Kier alpha value is -0.820. The van der Waals surface area contributed by atoms with Crippen molar-refractivity contribution in [1.29, 1.82) is 0 Å². The molecule has 0 aliphatic carbocycles. The predicted octanol–water partition coefficient (Wildman–Crippen LogP) is 2.40. The molecule has 1 saturated heterocycles. The monoisotopic (exact) mass is 175 g/mol. The first-order chi connectivity index (χ1) is 6.20. The summed E-state index contributed by atoms with van der Waals surface area (Å²) in [7, 11) is 0. The normalized spacial score (nSPS) is 26.2. The molecular weight excluding hydrogens is 158 g/mol. The maximum atomic E-state index is 3.46. The van der Waals surface area contributed by atoms with E-state index in [1.54, 1.807) is 0 Å². The molecular formula is C12H17N. The maximum absolute atomic E-state index is 3.46. The van der Waals surface area contributed by atoms with Gasteiger partial charge in [-0.2, -0.15) is 0 Å². The zero-order valence-corrected chi connectivity index (χ0v) is 8.38. The van der Waals surface area contributed by atoms with Crippen molar-refractivity contribution in [2.24, 2.45) is 5.41 Å². The molecule has 1 aromatic rings. The van der Waals surface area contributed by atoms with E-state index in [1.165, 1.54) is 5.56 Å². The molecule has 1 atom stereocenters. The van der Waals surface area contributed by atoms with Crippen LogP contribution >= 0.6 is 0 Å². The molecule has 70 valence electrons. The lowest BCUT2D eigenvalue weighted by molar-refractivity contribution is 0.363. The third-order valence-corrected chi connectivity index (χ3v) is 3.07. The topological polar surface area (TPSA) is 12.0 Å². The lowest BCUT2D eigenvalue weighted by Crippen LogP contribution is -2.20. The van der Waals surface area contributed by atoms with Crippen LogP contribution in [0.4, 0.5) is 0 Å². The van der Waals surface area contributed by atoms with E-state index < -0.39 is 0 Å². The molecule has 1 aliphatic rings. The molecule has 0 bridgehead atoms. The molecule has 1 N–H and O–H groups in total. The Morgan fingerprint density at radius 2 is 1.92 bits per heavy atom. The molecule has 1 aliphatic heterocycles. The van der Waals surface area contributed by atoms with Crippen LogP contribution in [0.5, 0.6) is 0 Å². The molecule has 2 rings (SSSR count). The zero-order chi connectivity index (χ0) is 9.31. The molecule has 1 fully saturated rings. The molecule has 1 nitrogen and oxygen atoms in total. The summed E-state index contributed by atoms with van der Waals surface area (Å²) in [4.78, 5) is 0. The molecule has 0 unspecified atom stereocenters. The Morgan fingerprint density at radius 3 is 2.46 bits per heavy atom. The number of hydrogen-bond acceptors (Lipinski definition) is 1. The van der Waals surface area contributed by atoms with Crippen molar-refractivity contribution < 1.29 is 0 Å². The van der Waals surface area contributed by atoms with Crippen molar-refractivity contribution >= 4 is 0 Å². The number of benzene rings is 1. The van der Waals surface area contributed by atoms with Crippen molar-refractivity contribution in [3.05, 3.63) is 35.9 Å². The summed E-state index contributed by atoms with van der Waals surface area (Å²) in [6, 6.07) is 10.8. The molecule has 0 spiro atoms. The highest BCUT2D eigenvalue weighted by molar-refractivity contribution is 5.23. The Bertz CT molecular complexity index is 276. The molecule has 0 amide bonds. The first-order valence-corrected chi connectivity index (χ1v) is 4.96. The number of nitrogens with one attached hydrogen (secondary N) is 1. The van der Waals surface area contributed by atoms with Crippen LogP contribution in [0.25, 0.3) is 0 Å².